The molecule has 0 aliphatic carbocycles. The van der Waals surface area contributed by atoms with Crippen LogP contribution in [0.1, 0.15) is 22.3 Å². The molecule has 20 heavy (non-hydrogen) atoms. The molecule has 6 nitrogen and oxygen atoms in total. The Kier molecular flexibility index (Phi) is 4.24. The summed E-state index contributed by atoms with van der Waals surface area (Å²) in [7, 11) is 2.00. The first-order chi connectivity index (χ1) is 9.52. The highest BCUT2D eigenvalue weighted by molar-refractivity contribution is 5.97. The number of aliphatic hydroxyl groups excluding tert-OH is 1. The third-order valence-electron chi connectivity index (χ3n) is 3.48. The second kappa shape index (κ2) is 5.92. The molecule has 0 radical (unpaired) electrons. The van der Waals surface area contributed by atoms with Crippen molar-refractivity contribution in [1.82, 2.24) is 5.32 Å². The first kappa shape index (κ1) is 14.3. The summed E-state index contributed by atoms with van der Waals surface area (Å²) in [5.74, 6) is -1.74. The normalized spacial score (nSPS) is 15.4. The predicted molar refractivity (Wildman–Crippen MR) is 74.0 cm³/mol. The Morgan fingerprint density at radius 1 is 1.45 bits per heavy atom. The van der Waals surface area contributed by atoms with Crippen molar-refractivity contribution in [2.75, 3.05) is 25.1 Å². The van der Waals surface area contributed by atoms with E-state index in [0.717, 1.165) is 30.6 Å². The van der Waals surface area contributed by atoms with Gasteiger partial charge in [0.15, 0.2) is 6.04 Å². The number of carbonyl (C=O) groups excluding carboxylic acids is 1. The van der Waals surface area contributed by atoms with Crippen molar-refractivity contribution in [3.8, 4) is 0 Å². The van der Waals surface area contributed by atoms with Gasteiger partial charge in [0.25, 0.3) is 5.91 Å². The molecule has 1 aliphatic rings. The van der Waals surface area contributed by atoms with E-state index in [0.29, 0.717) is 5.56 Å². The van der Waals surface area contributed by atoms with E-state index in [1.807, 2.05) is 13.1 Å². The molecule has 1 atom stereocenters. The third kappa shape index (κ3) is 2.91. The molecule has 1 heterocycles. The molecule has 108 valence electrons. The van der Waals surface area contributed by atoms with Gasteiger partial charge in [0.05, 0.1) is 6.61 Å². The minimum absolute atomic E-state index is 0.416. The molecular formula is C14H18N2O4. The lowest BCUT2D eigenvalue weighted by Gasteiger charge is -2.27. The van der Waals surface area contributed by atoms with Crippen LogP contribution in [0.15, 0.2) is 18.2 Å². The summed E-state index contributed by atoms with van der Waals surface area (Å²) < 4.78 is 0. The van der Waals surface area contributed by atoms with Crippen LogP contribution in [0.5, 0.6) is 0 Å². The van der Waals surface area contributed by atoms with Gasteiger partial charge < -0.3 is 20.4 Å². The summed E-state index contributed by atoms with van der Waals surface area (Å²) in [6.07, 6.45) is 1.94. The van der Waals surface area contributed by atoms with Gasteiger partial charge in [0, 0.05) is 24.8 Å². The number of aliphatic carboxylic acids is 1. The van der Waals surface area contributed by atoms with Gasteiger partial charge in [-0.15, -0.1) is 0 Å². The fraction of sp³-hybridized carbons (Fsp3) is 0.429. The molecule has 6 heteroatoms. The minimum atomic E-state index is -1.28. The number of carboxylic acids is 1. The first-order valence-electron chi connectivity index (χ1n) is 6.51. The van der Waals surface area contributed by atoms with Crippen LogP contribution < -0.4 is 10.2 Å². The summed E-state index contributed by atoms with van der Waals surface area (Å²) in [5, 5.41) is 20.0. The highest BCUT2D eigenvalue weighted by Crippen LogP contribution is 2.26. The highest BCUT2D eigenvalue weighted by atomic mass is 16.4. The molecule has 0 spiro atoms. The van der Waals surface area contributed by atoms with Gasteiger partial charge in [0.1, 0.15) is 0 Å². The van der Waals surface area contributed by atoms with Crippen LogP contribution in [0.3, 0.4) is 0 Å². The Morgan fingerprint density at radius 2 is 2.20 bits per heavy atom. The molecule has 1 unspecified atom stereocenters. The smallest absolute Gasteiger partial charge is 0.328 e. The van der Waals surface area contributed by atoms with Crippen LogP contribution in [-0.4, -0.2) is 48.3 Å². The van der Waals surface area contributed by atoms with E-state index in [1.54, 1.807) is 12.1 Å². The van der Waals surface area contributed by atoms with Gasteiger partial charge >= 0.3 is 5.97 Å². The molecule has 0 bridgehead atoms. The molecule has 2 rings (SSSR count). The lowest BCUT2D eigenvalue weighted by Crippen LogP contribution is -2.43. The number of carboxylic acid groups (broad SMARTS) is 1. The number of aryl methyl sites for hydroxylation is 1. The number of nitrogens with zero attached hydrogens (tertiary/aromatic N) is 1. The number of amides is 1. The molecule has 1 aliphatic heterocycles. The fourth-order valence-electron chi connectivity index (χ4n) is 2.35. The molecule has 1 amide bonds. The molecular weight excluding hydrogens is 260 g/mol. The van der Waals surface area contributed by atoms with Crippen LogP contribution in [0, 0.1) is 0 Å². The average molecular weight is 278 g/mol. The molecule has 0 aromatic heterocycles. The van der Waals surface area contributed by atoms with E-state index in [2.05, 4.69) is 10.2 Å². The second-order valence-corrected chi connectivity index (χ2v) is 4.92. The van der Waals surface area contributed by atoms with E-state index in [1.165, 1.54) is 0 Å². The Bertz CT molecular complexity index is 530. The van der Waals surface area contributed by atoms with E-state index in [4.69, 9.17) is 10.2 Å². The number of fused-ring (bicyclic) bond motifs is 1. The van der Waals surface area contributed by atoms with Crippen LogP contribution in [0.2, 0.25) is 0 Å². The van der Waals surface area contributed by atoms with Gasteiger partial charge in [-0.2, -0.15) is 0 Å². The molecule has 0 fully saturated rings. The number of aliphatic hydroxyl groups is 1. The van der Waals surface area contributed by atoms with E-state index in [-0.39, 0.29) is 0 Å². The molecule has 0 saturated heterocycles. The molecule has 0 saturated carbocycles. The number of nitrogens with one attached hydrogen (secondary N) is 1. The number of carbonyl (C=O) groups is 2. The summed E-state index contributed by atoms with van der Waals surface area (Å²) in [5.41, 5.74) is 2.60. The van der Waals surface area contributed by atoms with E-state index >= 15 is 0 Å². The Labute approximate surface area is 117 Å². The molecule has 3 N–H and O–H groups in total. The summed E-state index contributed by atoms with van der Waals surface area (Å²) in [6, 6.07) is 4.06. The largest absolute Gasteiger partial charge is 0.480 e. The Hall–Kier alpha value is -2.08. The third-order valence-corrected chi connectivity index (χ3v) is 3.48. The quantitative estimate of drug-likeness (QED) is 0.734. The van der Waals surface area contributed by atoms with Crippen molar-refractivity contribution in [2.45, 2.75) is 18.9 Å². The summed E-state index contributed by atoms with van der Waals surface area (Å²) >= 11 is 0. The lowest BCUT2D eigenvalue weighted by atomic mass is 9.99. The zero-order valence-electron chi connectivity index (χ0n) is 11.3. The van der Waals surface area contributed by atoms with Crippen LogP contribution in [0.25, 0.3) is 0 Å². The summed E-state index contributed by atoms with van der Waals surface area (Å²) in [4.78, 5) is 24.9. The topological polar surface area (TPSA) is 89.9 Å². The van der Waals surface area contributed by atoms with Gasteiger partial charge in [-0.3, -0.25) is 4.79 Å². The van der Waals surface area contributed by atoms with Crippen molar-refractivity contribution < 1.29 is 19.8 Å². The van der Waals surface area contributed by atoms with E-state index in [9.17, 15) is 9.59 Å². The second-order valence-electron chi connectivity index (χ2n) is 4.92. The van der Waals surface area contributed by atoms with Crippen molar-refractivity contribution in [2.24, 2.45) is 0 Å². The molecule has 1 aromatic rings. The van der Waals surface area contributed by atoms with Crippen molar-refractivity contribution in [3.63, 3.8) is 0 Å². The zero-order chi connectivity index (χ0) is 14.7. The van der Waals surface area contributed by atoms with Crippen molar-refractivity contribution >= 4 is 17.6 Å². The standard InChI is InChI=1S/C14H18N2O4/c1-16-6-2-3-9-7-10(4-5-12(9)16)13(18)15-11(8-17)14(19)20/h4-5,7,11,17H,2-3,6,8H2,1H3,(H,15,18)(H,19,20). The van der Waals surface area contributed by atoms with Gasteiger partial charge in [-0.1, -0.05) is 0 Å². The SMILES string of the molecule is CN1CCCc2cc(C(=O)NC(CO)C(=O)O)ccc21. The summed E-state index contributed by atoms with van der Waals surface area (Å²) in [6.45, 7) is 0.360. The monoisotopic (exact) mass is 278 g/mol. The predicted octanol–water partition coefficient (Wildman–Crippen LogP) is 0.244. The number of rotatable bonds is 4. The van der Waals surface area contributed by atoms with Crippen LogP contribution in [-0.2, 0) is 11.2 Å². The zero-order valence-corrected chi connectivity index (χ0v) is 11.3. The van der Waals surface area contributed by atoms with Gasteiger partial charge in [0.2, 0.25) is 0 Å². The minimum Gasteiger partial charge on any atom is -0.480 e. The van der Waals surface area contributed by atoms with Crippen molar-refractivity contribution in [1.29, 1.82) is 0 Å². The van der Waals surface area contributed by atoms with Gasteiger partial charge in [-0.25, -0.2) is 4.79 Å². The average Bonchev–Trinajstić information content (AvgIpc) is 2.44. The van der Waals surface area contributed by atoms with Crippen LogP contribution >= 0.6 is 0 Å². The maximum absolute atomic E-state index is 12.0. The molecule has 1 aromatic carbocycles. The lowest BCUT2D eigenvalue weighted by molar-refractivity contribution is -0.140. The number of anilines is 1. The highest BCUT2D eigenvalue weighted by Gasteiger charge is 2.21. The first-order valence-corrected chi connectivity index (χ1v) is 6.51. The van der Waals surface area contributed by atoms with Crippen molar-refractivity contribution in [3.05, 3.63) is 29.3 Å². The Balaban J connectivity index is 2.17. The number of benzene rings is 1. The maximum Gasteiger partial charge on any atom is 0.328 e. The van der Waals surface area contributed by atoms with Crippen LogP contribution in [0.4, 0.5) is 5.69 Å². The maximum atomic E-state index is 12.0. The Morgan fingerprint density at radius 3 is 2.85 bits per heavy atom. The van der Waals surface area contributed by atoms with Gasteiger partial charge in [-0.05, 0) is 36.6 Å². The van der Waals surface area contributed by atoms with E-state index < -0.39 is 24.5 Å². The fourth-order valence-corrected chi connectivity index (χ4v) is 2.35. The number of hydrogen-bond donors (Lipinski definition) is 3. The number of hydrogen-bond acceptors (Lipinski definition) is 4.